The Bertz CT molecular complexity index is 839. The second-order valence-corrected chi connectivity index (χ2v) is 6.40. The number of hydrogen-bond acceptors (Lipinski definition) is 5. The highest BCUT2D eigenvalue weighted by molar-refractivity contribution is 7.84. The molecule has 0 N–H and O–H groups in total. The second-order valence-electron chi connectivity index (χ2n) is 4.11. The number of aromatic nitrogens is 4. The third-order valence-electron chi connectivity index (χ3n) is 2.68. The van der Waals surface area contributed by atoms with Crippen LogP contribution < -0.4 is 0 Å². The normalized spacial score (nSPS) is 13.7. The van der Waals surface area contributed by atoms with E-state index in [-0.39, 0.29) is 10.7 Å². The predicted octanol–water partition coefficient (Wildman–Crippen LogP) is 2.63. The van der Waals surface area contributed by atoms with Crippen LogP contribution in [0.4, 0.5) is 13.2 Å². The van der Waals surface area contributed by atoms with Gasteiger partial charge in [0.15, 0.2) is 5.13 Å². The molecule has 1 aromatic carbocycles. The van der Waals surface area contributed by atoms with Gasteiger partial charge in [0.25, 0.3) is 0 Å². The summed E-state index contributed by atoms with van der Waals surface area (Å²) >= 11 is 1.18. The molecule has 0 spiro atoms. The Balaban J connectivity index is 2.13. The Morgan fingerprint density at radius 2 is 2.10 bits per heavy atom. The highest BCUT2D eigenvalue weighted by Crippen LogP contribution is 2.33. The van der Waals surface area contributed by atoms with Crippen LogP contribution in [0.2, 0.25) is 0 Å². The van der Waals surface area contributed by atoms with Gasteiger partial charge in [0.2, 0.25) is 5.16 Å². The lowest BCUT2D eigenvalue weighted by molar-refractivity contribution is -0.137. The third kappa shape index (κ3) is 2.56. The van der Waals surface area contributed by atoms with Crippen molar-refractivity contribution in [1.82, 2.24) is 19.7 Å². The molecule has 0 aliphatic heterocycles. The van der Waals surface area contributed by atoms with Crippen LogP contribution in [0.3, 0.4) is 0 Å². The van der Waals surface area contributed by atoms with Gasteiger partial charge in [-0.2, -0.15) is 13.2 Å². The number of benzene rings is 1. The summed E-state index contributed by atoms with van der Waals surface area (Å²) in [7, 11) is -1.37. The van der Waals surface area contributed by atoms with E-state index in [4.69, 9.17) is 0 Å². The molecule has 21 heavy (non-hydrogen) atoms. The van der Waals surface area contributed by atoms with Crippen LogP contribution in [0.25, 0.3) is 15.3 Å². The molecule has 0 aliphatic rings. The van der Waals surface area contributed by atoms with Crippen molar-refractivity contribution in [3.63, 3.8) is 0 Å². The molecule has 0 bridgehead atoms. The fraction of sp³-hybridized carbons (Fsp3) is 0.182. The highest BCUT2D eigenvalue weighted by atomic mass is 32.2. The monoisotopic (exact) mass is 332 g/mol. The number of rotatable bonds is 2. The van der Waals surface area contributed by atoms with E-state index in [2.05, 4.69) is 15.2 Å². The zero-order valence-electron chi connectivity index (χ0n) is 10.5. The molecule has 0 saturated heterocycles. The van der Waals surface area contributed by atoms with Gasteiger partial charge in [0.05, 0.1) is 26.6 Å². The van der Waals surface area contributed by atoms with Gasteiger partial charge in [-0.05, 0) is 18.2 Å². The van der Waals surface area contributed by atoms with Gasteiger partial charge in [-0.1, -0.05) is 11.3 Å². The number of alkyl halides is 3. The number of thiazole rings is 1. The maximum atomic E-state index is 12.7. The van der Waals surface area contributed by atoms with Crippen LogP contribution in [0.5, 0.6) is 0 Å². The van der Waals surface area contributed by atoms with Gasteiger partial charge >= 0.3 is 6.18 Å². The van der Waals surface area contributed by atoms with E-state index in [0.29, 0.717) is 9.83 Å². The molecule has 2 heterocycles. The minimum Gasteiger partial charge on any atom is -0.251 e. The van der Waals surface area contributed by atoms with Crippen molar-refractivity contribution >= 4 is 32.4 Å². The quantitative estimate of drug-likeness (QED) is 0.724. The van der Waals surface area contributed by atoms with Crippen molar-refractivity contribution in [1.29, 1.82) is 0 Å². The first kappa shape index (κ1) is 14.1. The van der Waals surface area contributed by atoms with Crippen molar-refractivity contribution in [2.24, 2.45) is 0 Å². The van der Waals surface area contributed by atoms with E-state index < -0.39 is 22.5 Å². The Morgan fingerprint density at radius 1 is 1.33 bits per heavy atom. The van der Waals surface area contributed by atoms with E-state index in [1.54, 1.807) is 0 Å². The number of hydrogen-bond donors (Lipinski definition) is 0. The van der Waals surface area contributed by atoms with E-state index >= 15 is 0 Å². The van der Waals surface area contributed by atoms with Gasteiger partial charge in [0, 0.05) is 6.26 Å². The smallest absolute Gasteiger partial charge is 0.251 e. The zero-order valence-corrected chi connectivity index (χ0v) is 12.1. The summed E-state index contributed by atoms with van der Waals surface area (Å²) in [5.74, 6) is 0. The van der Waals surface area contributed by atoms with Gasteiger partial charge in [-0.15, -0.1) is 10.2 Å². The molecule has 110 valence electrons. The molecule has 2 aromatic heterocycles. The van der Waals surface area contributed by atoms with Crippen molar-refractivity contribution in [2.45, 2.75) is 11.3 Å². The summed E-state index contributed by atoms with van der Waals surface area (Å²) in [6.45, 7) is 0. The molecular weight excluding hydrogens is 325 g/mol. The molecule has 0 radical (unpaired) electrons. The second kappa shape index (κ2) is 4.88. The topological polar surface area (TPSA) is 60.7 Å². The SMILES string of the molecule is C[S@](=O)c1nncn1-c1nc2cc(C(F)(F)F)ccc2s1. The fourth-order valence-corrected chi connectivity index (χ4v) is 3.29. The minimum absolute atomic E-state index is 0.199. The Morgan fingerprint density at radius 3 is 2.76 bits per heavy atom. The summed E-state index contributed by atoms with van der Waals surface area (Å²) in [5.41, 5.74) is -0.527. The highest BCUT2D eigenvalue weighted by Gasteiger charge is 2.30. The molecule has 0 unspecified atom stereocenters. The van der Waals surface area contributed by atoms with E-state index in [9.17, 15) is 17.4 Å². The molecule has 0 fully saturated rings. The summed E-state index contributed by atoms with van der Waals surface area (Å²) in [5, 5.41) is 7.95. The van der Waals surface area contributed by atoms with E-state index in [1.165, 1.54) is 34.6 Å². The maximum Gasteiger partial charge on any atom is 0.416 e. The average molecular weight is 332 g/mol. The Kier molecular flexibility index (Phi) is 3.29. The maximum absolute atomic E-state index is 12.7. The molecule has 5 nitrogen and oxygen atoms in total. The molecular formula is C11H7F3N4OS2. The van der Waals surface area contributed by atoms with Crippen molar-refractivity contribution in [3.8, 4) is 5.13 Å². The van der Waals surface area contributed by atoms with Gasteiger partial charge in [0.1, 0.15) is 6.33 Å². The molecule has 1 atom stereocenters. The van der Waals surface area contributed by atoms with Crippen LogP contribution in [-0.4, -0.2) is 30.2 Å². The molecule has 0 aliphatic carbocycles. The first-order chi connectivity index (χ1) is 9.86. The van der Waals surface area contributed by atoms with E-state index in [0.717, 1.165) is 12.1 Å². The van der Waals surface area contributed by atoms with Crippen LogP contribution >= 0.6 is 11.3 Å². The van der Waals surface area contributed by atoms with E-state index in [1.807, 2.05) is 0 Å². The number of nitrogens with zero attached hydrogens (tertiary/aromatic N) is 4. The van der Waals surface area contributed by atoms with Crippen LogP contribution in [0.15, 0.2) is 29.7 Å². The minimum atomic E-state index is -4.41. The summed E-state index contributed by atoms with van der Waals surface area (Å²) in [6.07, 6.45) is -1.64. The Hall–Kier alpha value is -1.81. The summed E-state index contributed by atoms with van der Waals surface area (Å²) in [4.78, 5) is 4.14. The third-order valence-corrected chi connectivity index (χ3v) is 4.51. The van der Waals surface area contributed by atoms with Crippen molar-refractivity contribution in [2.75, 3.05) is 6.26 Å². The summed E-state index contributed by atoms with van der Waals surface area (Å²) in [6, 6.07) is 3.36. The number of fused-ring (bicyclic) bond motifs is 1. The van der Waals surface area contributed by atoms with Gasteiger partial charge in [-0.3, -0.25) is 4.21 Å². The fourth-order valence-electron chi connectivity index (χ4n) is 1.75. The van der Waals surface area contributed by atoms with Crippen LogP contribution in [-0.2, 0) is 17.0 Å². The van der Waals surface area contributed by atoms with Crippen LogP contribution in [0.1, 0.15) is 5.56 Å². The lowest BCUT2D eigenvalue weighted by Gasteiger charge is -2.04. The Labute approximate surface area is 122 Å². The molecule has 0 amide bonds. The lowest BCUT2D eigenvalue weighted by Crippen LogP contribution is -2.04. The van der Waals surface area contributed by atoms with Crippen molar-refractivity contribution in [3.05, 3.63) is 30.1 Å². The molecule has 0 saturated carbocycles. The van der Waals surface area contributed by atoms with Crippen molar-refractivity contribution < 1.29 is 17.4 Å². The standard InChI is InChI=1S/C11H7F3N4OS2/c1-21(19)10-17-15-5-18(10)9-16-7-4-6(11(12,13)14)2-3-8(7)20-9/h2-5H,1H3/t21-/m0/s1. The van der Waals surface area contributed by atoms with Gasteiger partial charge in [-0.25, -0.2) is 9.55 Å². The lowest BCUT2D eigenvalue weighted by atomic mass is 10.2. The zero-order chi connectivity index (χ0) is 15.2. The molecule has 3 rings (SSSR count). The average Bonchev–Trinajstić information content (AvgIpc) is 3.02. The molecule has 10 heteroatoms. The number of halogens is 3. The first-order valence-electron chi connectivity index (χ1n) is 5.58. The predicted molar refractivity (Wildman–Crippen MR) is 71.9 cm³/mol. The summed E-state index contributed by atoms with van der Waals surface area (Å²) < 4.78 is 51.6. The largest absolute Gasteiger partial charge is 0.416 e. The van der Waals surface area contributed by atoms with Crippen LogP contribution in [0, 0.1) is 0 Å². The molecule has 3 aromatic rings. The first-order valence-corrected chi connectivity index (χ1v) is 7.95. The van der Waals surface area contributed by atoms with Gasteiger partial charge < -0.3 is 0 Å².